The quantitative estimate of drug-likeness (QED) is 0.448. The monoisotopic (exact) mass is 91.0 g/mol. The van der Waals surface area contributed by atoms with Crippen LogP contribution in [0.4, 0.5) is 0 Å². The van der Waals surface area contributed by atoms with Crippen molar-refractivity contribution in [3.8, 4) is 11.5 Å². The van der Waals surface area contributed by atoms with E-state index < -0.39 is 0 Å². The average molecular weight is 91.1 g/mol. The molecule has 0 aromatic heterocycles. The Labute approximate surface area is 41.5 Å². The molecule has 1 heterocycles. The van der Waals surface area contributed by atoms with Crippen LogP contribution in [0.25, 0.3) is 0 Å². The summed E-state index contributed by atoms with van der Waals surface area (Å²) in [6.45, 7) is 0. The van der Waals surface area contributed by atoms with Gasteiger partial charge in [-0.25, -0.2) is 0 Å². The Morgan fingerprint density at radius 1 is 1.43 bits per heavy atom. The molecule has 0 spiro atoms. The third-order valence-electron chi connectivity index (χ3n) is 0.966. The maximum Gasteiger partial charge on any atom is 0.170 e. The van der Waals surface area contributed by atoms with Gasteiger partial charge in [0.1, 0.15) is 0 Å². The molecule has 33 valence electrons. The van der Waals surface area contributed by atoms with Crippen LogP contribution >= 0.6 is 0 Å². The van der Waals surface area contributed by atoms with E-state index >= 15 is 0 Å². The van der Waals surface area contributed by atoms with Crippen molar-refractivity contribution in [3.05, 3.63) is 24.3 Å². The molecule has 1 radical (unpaired) electrons. The zero-order chi connectivity index (χ0) is 4.69. The molecule has 0 saturated carbocycles. The third kappa shape index (κ3) is 0.317. The Kier molecular flexibility index (Phi) is 0.355. The van der Waals surface area contributed by atoms with Crippen LogP contribution in [0.1, 0.15) is 0 Å². The third-order valence-corrected chi connectivity index (χ3v) is 0.966. The normalized spacial score (nSPS) is 12.0. The predicted octanol–water partition coefficient (Wildman–Crippen LogP) is 1.59. The molecule has 1 aromatic rings. The minimum absolute atomic E-state index is 0.975. The number of ether oxygens (including phenoxy) is 1. The minimum Gasteiger partial charge on any atom is -0.449 e. The first-order valence-electron chi connectivity index (χ1n) is 2.15. The van der Waals surface area contributed by atoms with Crippen molar-refractivity contribution in [1.82, 2.24) is 0 Å². The van der Waals surface area contributed by atoms with Crippen molar-refractivity contribution in [1.29, 1.82) is 0 Å². The van der Waals surface area contributed by atoms with Gasteiger partial charge in [-0.1, -0.05) is 6.07 Å². The maximum atomic E-state index is 4.91. The van der Waals surface area contributed by atoms with Gasteiger partial charge in [0.25, 0.3) is 0 Å². The predicted molar refractivity (Wildman–Crippen MR) is 25.4 cm³/mol. The SMILES string of the molecule is [c]1ccc2c(c1)O2. The summed E-state index contributed by atoms with van der Waals surface area (Å²) in [5.41, 5.74) is 0. The molecule has 7 heavy (non-hydrogen) atoms. The molecule has 0 atom stereocenters. The summed E-state index contributed by atoms with van der Waals surface area (Å²) in [4.78, 5) is 0. The number of fused-ring (bicyclic) bond motifs is 1. The van der Waals surface area contributed by atoms with E-state index in [0.717, 1.165) is 11.5 Å². The molecule has 0 fully saturated rings. The molecular weight excluding hydrogens is 88.1 g/mol. The Bertz CT molecular complexity index is 172. The van der Waals surface area contributed by atoms with Crippen LogP contribution in [0.2, 0.25) is 0 Å². The molecular formula is C6H3O. The largest absolute Gasteiger partial charge is 0.449 e. The van der Waals surface area contributed by atoms with Gasteiger partial charge in [-0.3, -0.25) is 0 Å². The maximum absolute atomic E-state index is 4.91. The van der Waals surface area contributed by atoms with Crippen molar-refractivity contribution < 1.29 is 4.74 Å². The van der Waals surface area contributed by atoms with Crippen LogP contribution in [0.15, 0.2) is 18.2 Å². The lowest BCUT2D eigenvalue weighted by Crippen LogP contribution is -1.39. The summed E-state index contributed by atoms with van der Waals surface area (Å²) >= 11 is 0. The zero-order valence-electron chi connectivity index (χ0n) is 3.64. The van der Waals surface area contributed by atoms with Crippen LogP contribution in [0.5, 0.6) is 11.5 Å². The molecule has 0 saturated heterocycles. The molecule has 1 aromatic carbocycles. The first-order chi connectivity index (χ1) is 3.47. The van der Waals surface area contributed by atoms with Crippen LogP contribution in [0.3, 0.4) is 0 Å². The average Bonchev–Trinajstić information content (AvgIpc) is 2.41. The van der Waals surface area contributed by atoms with Crippen molar-refractivity contribution >= 4 is 0 Å². The lowest BCUT2D eigenvalue weighted by atomic mass is 10.4. The Hall–Kier alpha value is -0.980. The second kappa shape index (κ2) is 0.808. The number of hydrogen-bond donors (Lipinski definition) is 0. The van der Waals surface area contributed by atoms with Gasteiger partial charge in [0.15, 0.2) is 11.5 Å². The lowest BCUT2D eigenvalue weighted by molar-refractivity contribution is 0.649. The van der Waals surface area contributed by atoms with Gasteiger partial charge in [0, 0.05) is 0 Å². The summed E-state index contributed by atoms with van der Waals surface area (Å²) in [6, 6.07) is 8.45. The summed E-state index contributed by atoms with van der Waals surface area (Å²) < 4.78 is 4.91. The summed E-state index contributed by atoms with van der Waals surface area (Å²) in [5, 5.41) is 0. The molecule has 1 heteroatoms. The van der Waals surface area contributed by atoms with E-state index in [2.05, 4.69) is 6.07 Å². The first-order valence-corrected chi connectivity index (χ1v) is 2.15. The summed E-state index contributed by atoms with van der Waals surface area (Å²) in [5.74, 6) is 1.97. The fourth-order valence-electron chi connectivity index (χ4n) is 0.557. The van der Waals surface area contributed by atoms with E-state index in [0.29, 0.717) is 0 Å². The van der Waals surface area contributed by atoms with Gasteiger partial charge in [-0.2, -0.15) is 0 Å². The summed E-state index contributed by atoms with van der Waals surface area (Å²) in [6.07, 6.45) is 0. The molecule has 0 unspecified atom stereocenters. The fraction of sp³-hybridized carbons (Fsp3) is 0. The van der Waals surface area contributed by atoms with Crippen LogP contribution in [-0.4, -0.2) is 0 Å². The molecule has 1 nitrogen and oxygen atoms in total. The smallest absolute Gasteiger partial charge is 0.170 e. The van der Waals surface area contributed by atoms with Crippen LogP contribution < -0.4 is 4.74 Å². The Morgan fingerprint density at radius 2 is 2.43 bits per heavy atom. The van der Waals surface area contributed by atoms with Crippen molar-refractivity contribution in [3.63, 3.8) is 0 Å². The van der Waals surface area contributed by atoms with Crippen LogP contribution in [0, 0.1) is 6.07 Å². The Balaban J connectivity index is 2.73. The zero-order valence-corrected chi connectivity index (χ0v) is 3.64. The van der Waals surface area contributed by atoms with E-state index in [1.54, 1.807) is 0 Å². The van der Waals surface area contributed by atoms with E-state index in [9.17, 15) is 0 Å². The molecule has 0 amide bonds. The number of rotatable bonds is 0. The molecule has 0 bridgehead atoms. The first kappa shape index (κ1) is 3.08. The van der Waals surface area contributed by atoms with Gasteiger partial charge < -0.3 is 4.74 Å². The number of hydrogen-bond acceptors (Lipinski definition) is 1. The number of benzene rings is 1. The van der Waals surface area contributed by atoms with E-state index in [-0.39, 0.29) is 0 Å². The van der Waals surface area contributed by atoms with Crippen molar-refractivity contribution in [2.45, 2.75) is 0 Å². The van der Waals surface area contributed by atoms with E-state index in [4.69, 9.17) is 4.74 Å². The topological polar surface area (TPSA) is 12.5 Å². The molecule has 2 rings (SSSR count). The van der Waals surface area contributed by atoms with E-state index in [1.807, 2.05) is 18.2 Å². The minimum atomic E-state index is 0.975. The Morgan fingerprint density at radius 3 is 3.00 bits per heavy atom. The van der Waals surface area contributed by atoms with Gasteiger partial charge >= 0.3 is 0 Å². The second-order valence-corrected chi connectivity index (χ2v) is 1.47. The van der Waals surface area contributed by atoms with Crippen LogP contribution in [-0.2, 0) is 0 Å². The van der Waals surface area contributed by atoms with Gasteiger partial charge in [0.2, 0.25) is 0 Å². The van der Waals surface area contributed by atoms with Gasteiger partial charge in [0.05, 0.1) is 0 Å². The van der Waals surface area contributed by atoms with Gasteiger partial charge in [-0.15, -0.1) is 0 Å². The summed E-state index contributed by atoms with van der Waals surface area (Å²) in [7, 11) is 0. The van der Waals surface area contributed by atoms with E-state index in [1.165, 1.54) is 0 Å². The molecule has 0 aliphatic carbocycles. The molecule has 1 aliphatic rings. The highest BCUT2D eigenvalue weighted by Gasteiger charge is 2.16. The highest BCUT2D eigenvalue weighted by atomic mass is 16.6. The van der Waals surface area contributed by atoms with Crippen molar-refractivity contribution in [2.24, 2.45) is 0 Å². The second-order valence-electron chi connectivity index (χ2n) is 1.47. The molecule has 1 aliphatic heterocycles. The van der Waals surface area contributed by atoms with Crippen molar-refractivity contribution in [2.75, 3.05) is 0 Å². The standard InChI is InChI=1S/C6H3O/c1-2-4-6-5(3-1)7-6/h1,3-4H. The highest BCUT2D eigenvalue weighted by Crippen LogP contribution is 2.43. The molecule has 0 N–H and O–H groups in total. The van der Waals surface area contributed by atoms with Gasteiger partial charge in [-0.05, 0) is 18.2 Å². The lowest BCUT2D eigenvalue weighted by Gasteiger charge is -1.60. The highest BCUT2D eigenvalue weighted by molar-refractivity contribution is 5.52. The fourth-order valence-corrected chi connectivity index (χ4v) is 0.557.